The summed E-state index contributed by atoms with van der Waals surface area (Å²) in [4.78, 5) is 4.35. The van der Waals surface area contributed by atoms with Gasteiger partial charge in [-0.3, -0.25) is 4.99 Å². The quantitative estimate of drug-likeness (QED) is 0.610. The van der Waals surface area contributed by atoms with Crippen molar-refractivity contribution in [3.63, 3.8) is 0 Å². The summed E-state index contributed by atoms with van der Waals surface area (Å²) in [5.41, 5.74) is 6.73. The van der Waals surface area contributed by atoms with Crippen LogP contribution in [0.3, 0.4) is 0 Å². The Morgan fingerprint density at radius 2 is 2.04 bits per heavy atom. The molecule has 2 fully saturated rings. The number of methoxy groups -OCH3 is 2. The Hall–Kier alpha value is -2.03. The van der Waals surface area contributed by atoms with Crippen molar-refractivity contribution in [2.24, 2.45) is 10.7 Å². The van der Waals surface area contributed by atoms with Crippen molar-refractivity contribution in [1.29, 1.82) is 0 Å². The number of anilines is 1. The lowest BCUT2D eigenvalue weighted by Crippen LogP contribution is -2.38. The van der Waals surface area contributed by atoms with Gasteiger partial charge in [-0.15, -0.1) is 0 Å². The number of nitrogens with one attached hydrogen (secondary N) is 1. The molecule has 138 valence electrons. The summed E-state index contributed by atoms with van der Waals surface area (Å²) >= 11 is 0. The van der Waals surface area contributed by atoms with Gasteiger partial charge < -0.3 is 34.7 Å². The van der Waals surface area contributed by atoms with E-state index in [1.54, 1.807) is 26.4 Å². The number of aliphatic imine (C=N–C) groups is 1. The summed E-state index contributed by atoms with van der Waals surface area (Å²) in [6, 6.07) is 5.45. The van der Waals surface area contributed by atoms with Crippen molar-refractivity contribution in [2.75, 3.05) is 45.9 Å². The van der Waals surface area contributed by atoms with Gasteiger partial charge in [0.25, 0.3) is 0 Å². The minimum absolute atomic E-state index is 0.0937. The molecule has 8 heteroatoms. The lowest BCUT2D eigenvalue weighted by molar-refractivity contribution is -0.210. The van der Waals surface area contributed by atoms with E-state index in [9.17, 15) is 0 Å². The number of nitrogens with two attached hydrogens (primary N) is 1. The molecule has 1 spiro atoms. The molecule has 2 aliphatic rings. The Morgan fingerprint density at radius 1 is 1.28 bits per heavy atom. The number of rotatable bonds is 5. The number of guanidine groups is 1. The van der Waals surface area contributed by atoms with Gasteiger partial charge in [-0.05, 0) is 12.1 Å². The van der Waals surface area contributed by atoms with E-state index < -0.39 is 5.79 Å². The SMILES string of the molecule is COc1ccc(NC(N)=NCC2COC3(CCOCC3)O2)cc1OC. The van der Waals surface area contributed by atoms with Crippen LogP contribution in [-0.2, 0) is 14.2 Å². The normalized spacial score (nSPS) is 22.8. The Kier molecular flexibility index (Phi) is 5.62. The smallest absolute Gasteiger partial charge is 0.193 e. The molecule has 0 aliphatic carbocycles. The van der Waals surface area contributed by atoms with Crippen LogP contribution in [0.15, 0.2) is 23.2 Å². The van der Waals surface area contributed by atoms with Crippen LogP contribution in [0.4, 0.5) is 5.69 Å². The van der Waals surface area contributed by atoms with Crippen molar-refractivity contribution < 1.29 is 23.7 Å². The lowest BCUT2D eigenvalue weighted by atomic mass is 10.1. The standard InChI is InChI=1S/C17H25N3O5/c1-21-14-4-3-12(9-15(14)22-2)20-16(18)19-10-13-11-24-17(25-13)5-7-23-8-6-17/h3-4,9,13H,5-8,10-11H2,1-2H3,(H3,18,19,20). The first-order chi connectivity index (χ1) is 12.1. The number of hydrogen-bond donors (Lipinski definition) is 2. The zero-order valence-electron chi connectivity index (χ0n) is 14.6. The zero-order chi connectivity index (χ0) is 17.7. The third-order valence-corrected chi connectivity index (χ3v) is 4.29. The molecule has 0 saturated carbocycles. The average Bonchev–Trinajstić information content (AvgIpc) is 3.02. The first-order valence-electron chi connectivity index (χ1n) is 8.32. The van der Waals surface area contributed by atoms with Crippen LogP contribution in [0, 0.1) is 0 Å². The monoisotopic (exact) mass is 351 g/mol. The van der Waals surface area contributed by atoms with Gasteiger partial charge in [-0.1, -0.05) is 0 Å². The molecule has 1 aromatic carbocycles. The van der Waals surface area contributed by atoms with E-state index >= 15 is 0 Å². The average molecular weight is 351 g/mol. The predicted octanol–water partition coefficient (Wildman–Crippen LogP) is 1.35. The van der Waals surface area contributed by atoms with Crippen LogP contribution in [0.1, 0.15) is 12.8 Å². The van der Waals surface area contributed by atoms with Crippen molar-refractivity contribution in [1.82, 2.24) is 0 Å². The minimum Gasteiger partial charge on any atom is -0.493 e. The van der Waals surface area contributed by atoms with Gasteiger partial charge in [0.1, 0.15) is 6.10 Å². The maximum atomic E-state index is 6.03. The predicted molar refractivity (Wildman–Crippen MR) is 93.3 cm³/mol. The maximum Gasteiger partial charge on any atom is 0.193 e. The van der Waals surface area contributed by atoms with Gasteiger partial charge in [-0.25, -0.2) is 0 Å². The molecule has 0 aromatic heterocycles. The van der Waals surface area contributed by atoms with Crippen molar-refractivity contribution in [3.05, 3.63) is 18.2 Å². The third-order valence-electron chi connectivity index (χ3n) is 4.29. The van der Waals surface area contributed by atoms with Crippen LogP contribution >= 0.6 is 0 Å². The molecule has 2 saturated heterocycles. The third kappa shape index (κ3) is 4.33. The summed E-state index contributed by atoms with van der Waals surface area (Å²) in [6.07, 6.45) is 1.42. The van der Waals surface area contributed by atoms with E-state index in [2.05, 4.69) is 10.3 Å². The van der Waals surface area contributed by atoms with Crippen LogP contribution in [0.5, 0.6) is 11.5 Å². The van der Waals surface area contributed by atoms with E-state index in [4.69, 9.17) is 29.4 Å². The Balaban J connectivity index is 1.54. The molecule has 1 aromatic rings. The second-order valence-electron chi connectivity index (χ2n) is 5.99. The molecule has 2 heterocycles. The Labute approximate surface area is 147 Å². The number of benzene rings is 1. The highest BCUT2D eigenvalue weighted by molar-refractivity contribution is 5.92. The maximum absolute atomic E-state index is 6.03. The minimum atomic E-state index is -0.496. The second kappa shape index (κ2) is 7.90. The van der Waals surface area contributed by atoms with Crippen LogP contribution in [0.2, 0.25) is 0 Å². The largest absolute Gasteiger partial charge is 0.493 e. The summed E-state index contributed by atoms with van der Waals surface area (Å²) in [5, 5.41) is 3.04. The van der Waals surface area contributed by atoms with Gasteiger partial charge in [0, 0.05) is 24.6 Å². The molecule has 0 bridgehead atoms. The highest BCUT2D eigenvalue weighted by Crippen LogP contribution is 2.33. The number of hydrogen-bond acceptors (Lipinski definition) is 6. The van der Waals surface area contributed by atoms with Crippen LogP contribution < -0.4 is 20.5 Å². The van der Waals surface area contributed by atoms with Gasteiger partial charge in [0.05, 0.1) is 40.6 Å². The second-order valence-corrected chi connectivity index (χ2v) is 5.99. The van der Waals surface area contributed by atoms with Crippen molar-refractivity contribution >= 4 is 11.6 Å². The topological polar surface area (TPSA) is 96.6 Å². The van der Waals surface area contributed by atoms with Gasteiger partial charge >= 0.3 is 0 Å². The van der Waals surface area contributed by atoms with Gasteiger partial charge in [-0.2, -0.15) is 0 Å². The molecule has 3 N–H and O–H groups in total. The lowest BCUT2D eigenvalue weighted by Gasteiger charge is -2.31. The fraction of sp³-hybridized carbons (Fsp3) is 0.588. The van der Waals surface area contributed by atoms with E-state index in [-0.39, 0.29) is 6.10 Å². The molecule has 1 unspecified atom stereocenters. The Morgan fingerprint density at radius 3 is 2.76 bits per heavy atom. The summed E-state index contributed by atoms with van der Waals surface area (Å²) in [5.74, 6) is 1.09. The van der Waals surface area contributed by atoms with Gasteiger partial charge in [0.15, 0.2) is 23.2 Å². The molecule has 0 amide bonds. The summed E-state index contributed by atoms with van der Waals surface area (Å²) in [7, 11) is 3.18. The fourth-order valence-corrected chi connectivity index (χ4v) is 2.95. The molecule has 25 heavy (non-hydrogen) atoms. The molecule has 0 radical (unpaired) electrons. The highest BCUT2D eigenvalue weighted by Gasteiger charge is 2.42. The van der Waals surface area contributed by atoms with Crippen LogP contribution in [-0.4, -0.2) is 58.4 Å². The van der Waals surface area contributed by atoms with E-state index in [0.717, 1.165) is 18.5 Å². The molecular formula is C17H25N3O5. The van der Waals surface area contributed by atoms with E-state index in [1.807, 2.05) is 6.07 Å². The zero-order valence-corrected chi connectivity index (χ0v) is 14.6. The summed E-state index contributed by atoms with van der Waals surface area (Å²) in [6.45, 7) is 2.29. The van der Waals surface area contributed by atoms with Gasteiger partial charge in [0.2, 0.25) is 0 Å². The van der Waals surface area contributed by atoms with Crippen molar-refractivity contribution in [2.45, 2.75) is 24.7 Å². The molecule has 1 atom stereocenters. The first-order valence-corrected chi connectivity index (χ1v) is 8.32. The number of nitrogens with zero attached hydrogens (tertiary/aromatic N) is 1. The molecule has 3 rings (SSSR count). The highest BCUT2D eigenvalue weighted by atomic mass is 16.7. The number of ether oxygens (including phenoxy) is 5. The Bertz CT molecular complexity index is 616. The first kappa shape index (κ1) is 17.8. The molecule has 2 aliphatic heterocycles. The van der Waals surface area contributed by atoms with E-state index in [1.165, 1.54) is 0 Å². The van der Waals surface area contributed by atoms with E-state index in [0.29, 0.717) is 43.8 Å². The molecule has 8 nitrogen and oxygen atoms in total. The van der Waals surface area contributed by atoms with Crippen molar-refractivity contribution in [3.8, 4) is 11.5 Å². The summed E-state index contributed by atoms with van der Waals surface area (Å²) < 4.78 is 27.7. The van der Waals surface area contributed by atoms with Crippen LogP contribution in [0.25, 0.3) is 0 Å². The molecular weight excluding hydrogens is 326 g/mol. The fourth-order valence-electron chi connectivity index (χ4n) is 2.95.